The Morgan fingerprint density at radius 2 is 2.05 bits per heavy atom. The number of hydrogen-bond donors (Lipinski definition) is 2. The summed E-state index contributed by atoms with van der Waals surface area (Å²) in [6.45, 7) is 7.69. The number of carbonyl (C=O) groups is 1. The summed E-state index contributed by atoms with van der Waals surface area (Å²) in [6.07, 6.45) is 1.87. The summed E-state index contributed by atoms with van der Waals surface area (Å²) in [5.41, 5.74) is 6.43. The van der Waals surface area contributed by atoms with E-state index < -0.39 is 6.04 Å². The normalized spacial score (nSPS) is 15.1. The molecule has 20 heavy (non-hydrogen) atoms. The Kier molecular flexibility index (Phi) is 3.76. The van der Waals surface area contributed by atoms with Gasteiger partial charge in [0.05, 0.1) is 12.1 Å². The fraction of sp³-hybridized carbons (Fsp3) is 0.500. The minimum absolute atomic E-state index is 0.183. The highest BCUT2D eigenvalue weighted by atomic mass is 16.2. The van der Waals surface area contributed by atoms with E-state index in [0.29, 0.717) is 5.82 Å². The molecule has 0 aromatic carbocycles. The zero-order chi connectivity index (χ0) is 14.9. The molecule has 2 rings (SSSR count). The molecule has 2 aromatic heterocycles. The van der Waals surface area contributed by atoms with Crippen LogP contribution in [0.15, 0.2) is 24.4 Å². The number of rotatable bonds is 3. The van der Waals surface area contributed by atoms with Crippen molar-refractivity contribution in [2.75, 3.05) is 0 Å². The monoisotopic (exact) mass is 275 g/mol. The largest absolute Gasteiger partial charge is 0.345 e. The van der Waals surface area contributed by atoms with Gasteiger partial charge in [0.2, 0.25) is 5.91 Å². The van der Waals surface area contributed by atoms with Gasteiger partial charge < -0.3 is 11.1 Å². The molecule has 2 heterocycles. The van der Waals surface area contributed by atoms with Gasteiger partial charge in [-0.25, -0.2) is 0 Å². The molecule has 0 bridgehead atoms. The number of nitrogens with one attached hydrogen (secondary N) is 1. The SMILES string of the molecule is CC(NC(=O)[C@@H](N)C(C)(C)C)c1nnc2ccccn12. The smallest absolute Gasteiger partial charge is 0.238 e. The molecule has 108 valence electrons. The number of carbonyl (C=O) groups excluding carboxylic acids is 1. The highest BCUT2D eigenvalue weighted by Crippen LogP contribution is 2.19. The van der Waals surface area contributed by atoms with Crippen LogP contribution in [0.25, 0.3) is 5.65 Å². The lowest BCUT2D eigenvalue weighted by atomic mass is 9.87. The molecule has 1 amide bonds. The van der Waals surface area contributed by atoms with Crippen molar-refractivity contribution in [3.8, 4) is 0 Å². The van der Waals surface area contributed by atoms with Crippen LogP contribution in [0.2, 0.25) is 0 Å². The Hall–Kier alpha value is -1.95. The van der Waals surface area contributed by atoms with Gasteiger partial charge in [-0.15, -0.1) is 10.2 Å². The first-order chi connectivity index (χ1) is 9.30. The number of fused-ring (bicyclic) bond motifs is 1. The lowest BCUT2D eigenvalue weighted by molar-refractivity contribution is -0.125. The van der Waals surface area contributed by atoms with Gasteiger partial charge in [-0.2, -0.15) is 0 Å². The maximum Gasteiger partial charge on any atom is 0.238 e. The number of hydrogen-bond acceptors (Lipinski definition) is 4. The Balaban J connectivity index is 2.16. The first-order valence-electron chi connectivity index (χ1n) is 6.66. The maximum atomic E-state index is 12.1. The molecule has 2 atom stereocenters. The molecule has 0 aliphatic heterocycles. The van der Waals surface area contributed by atoms with E-state index in [1.54, 1.807) is 0 Å². The molecule has 1 unspecified atom stereocenters. The predicted octanol–water partition coefficient (Wildman–Crippen LogP) is 1.28. The fourth-order valence-electron chi connectivity index (χ4n) is 1.92. The van der Waals surface area contributed by atoms with Gasteiger partial charge >= 0.3 is 0 Å². The van der Waals surface area contributed by atoms with E-state index in [9.17, 15) is 4.79 Å². The van der Waals surface area contributed by atoms with Crippen molar-refractivity contribution in [1.82, 2.24) is 19.9 Å². The average Bonchev–Trinajstić information content (AvgIpc) is 2.80. The standard InChI is InChI=1S/C14H21N5O/c1-9(16-13(20)11(15)14(2,3)4)12-18-17-10-7-5-6-8-19(10)12/h5-9,11H,15H2,1-4H3,(H,16,20)/t9?,11-/m1/s1. The van der Waals surface area contributed by atoms with E-state index >= 15 is 0 Å². The molecule has 0 spiro atoms. The van der Waals surface area contributed by atoms with Crippen molar-refractivity contribution in [2.45, 2.75) is 39.8 Å². The van der Waals surface area contributed by atoms with E-state index in [2.05, 4.69) is 15.5 Å². The van der Waals surface area contributed by atoms with Crippen LogP contribution in [-0.2, 0) is 4.79 Å². The predicted molar refractivity (Wildman–Crippen MR) is 77.0 cm³/mol. The van der Waals surface area contributed by atoms with Crippen LogP contribution in [0.5, 0.6) is 0 Å². The topological polar surface area (TPSA) is 85.3 Å². The summed E-state index contributed by atoms with van der Waals surface area (Å²) < 4.78 is 1.85. The summed E-state index contributed by atoms with van der Waals surface area (Å²) in [4.78, 5) is 12.1. The Morgan fingerprint density at radius 1 is 1.35 bits per heavy atom. The van der Waals surface area contributed by atoms with Crippen LogP contribution in [0, 0.1) is 5.41 Å². The Bertz CT molecular complexity index is 613. The van der Waals surface area contributed by atoms with Crippen molar-refractivity contribution in [3.05, 3.63) is 30.2 Å². The lowest BCUT2D eigenvalue weighted by Crippen LogP contribution is -2.49. The van der Waals surface area contributed by atoms with E-state index in [-0.39, 0.29) is 17.4 Å². The number of pyridine rings is 1. The van der Waals surface area contributed by atoms with E-state index in [1.165, 1.54) is 0 Å². The summed E-state index contributed by atoms with van der Waals surface area (Å²) >= 11 is 0. The zero-order valence-corrected chi connectivity index (χ0v) is 12.3. The first kappa shape index (κ1) is 14.5. The molecule has 6 heteroatoms. The fourth-order valence-corrected chi connectivity index (χ4v) is 1.92. The molecule has 0 aliphatic rings. The van der Waals surface area contributed by atoms with Crippen LogP contribution < -0.4 is 11.1 Å². The molecule has 3 N–H and O–H groups in total. The maximum absolute atomic E-state index is 12.1. The van der Waals surface area contributed by atoms with Gasteiger partial charge in [0.15, 0.2) is 11.5 Å². The van der Waals surface area contributed by atoms with Gasteiger partial charge in [0, 0.05) is 6.20 Å². The summed E-state index contributed by atoms with van der Waals surface area (Å²) in [7, 11) is 0. The third-order valence-electron chi connectivity index (χ3n) is 3.30. The van der Waals surface area contributed by atoms with Crippen LogP contribution in [0.4, 0.5) is 0 Å². The number of nitrogens with two attached hydrogens (primary N) is 1. The van der Waals surface area contributed by atoms with Gasteiger partial charge in [-0.3, -0.25) is 9.20 Å². The minimum Gasteiger partial charge on any atom is -0.345 e. The quantitative estimate of drug-likeness (QED) is 0.883. The Morgan fingerprint density at radius 3 is 2.70 bits per heavy atom. The van der Waals surface area contributed by atoms with Crippen molar-refractivity contribution >= 4 is 11.6 Å². The summed E-state index contributed by atoms with van der Waals surface area (Å²) in [5.74, 6) is 0.507. The highest BCUT2D eigenvalue weighted by Gasteiger charge is 2.29. The van der Waals surface area contributed by atoms with Crippen molar-refractivity contribution < 1.29 is 4.79 Å². The molecular weight excluding hydrogens is 254 g/mol. The lowest BCUT2D eigenvalue weighted by Gasteiger charge is -2.27. The van der Waals surface area contributed by atoms with Gasteiger partial charge in [0.1, 0.15) is 0 Å². The number of nitrogens with zero attached hydrogens (tertiary/aromatic N) is 3. The number of aromatic nitrogens is 3. The zero-order valence-electron chi connectivity index (χ0n) is 12.3. The highest BCUT2D eigenvalue weighted by molar-refractivity contribution is 5.82. The second-order valence-electron chi connectivity index (χ2n) is 6.06. The van der Waals surface area contributed by atoms with Gasteiger partial charge in [-0.05, 0) is 24.5 Å². The summed E-state index contributed by atoms with van der Waals surface area (Å²) in [6, 6.07) is 4.84. The second-order valence-corrected chi connectivity index (χ2v) is 6.06. The van der Waals surface area contributed by atoms with E-state index in [4.69, 9.17) is 5.73 Å². The number of amides is 1. The first-order valence-corrected chi connectivity index (χ1v) is 6.66. The van der Waals surface area contributed by atoms with Crippen LogP contribution in [0.3, 0.4) is 0 Å². The third-order valence-corrected chi connectivity index (χ3v) is 3.30. The van der Waals surface area contributed by atoms with Crippen molar-refractivity contribution in [2.24, 2.45) is 11.1 Å². The molecule has 0 saturated carbocycles. The van der Waals surface area contributed by atoms with Crippen LogP contribution in [-0.4, -0.2) is 26.5 Å². The molecule has 0 radical (unpaired) electrons. The van der Waals surface area contributed by atoms with Crippen molar-refractivity contribution in [1.29, 1.82) is 0 Å². The van der Waals surface area contributed by atoms with E-state index in [1.807, 2.05) is 56.5 Å². The molecule has 0 aliphatic carbocycles. The Labute approximate surface area is 118 Å². The molecule has 0 saturated heterocycles. The van der Waals surface area contributed by atoms with Crippen LogP contribution in [0.1, 0.15) is 39.6 Å². The van der Waals surface area contributed by atoms with Gasteiger partial charge in [0.25, 0.3) is 0 Å². The van der Waals surface area contributed by atoms with Crippen LogP contribution >= 0.6 is 0 Å². The summed E-state index contributed by atoms with van der Waals surface area (Å²) in [5, 5.41) is 11.1. The molecule has 0 fully saturated rings. The minimum atomic E-state index is -0.566. The average molecular weight is 275 g/mol. The van der Waals surface area contributed by atoms with E-state index in [0.717, 1.165) is 5.65 Å². The second kappa shape index (κ2) is 5.20. The van der Waals surface area contributed by atoms with Gasteiger partial charge in [-0.1, -0.05) is 26.8 Å². The third kappa shape index (κ3) is 2.80. The van der Waals surface area contributed by atoms with Crippen molar-refractivity contribution in [3.63, 3.8) is 0 Å². The molecular formula is C14H21N5O. The molecule has 2 aromatic rings. The molecule has 6 nitrogen and oxygen atoms in total.